The first-order valence-corrected chi connectivity index (χ1v) is 3.70. The Balaban J connectivity index is 2.36. The van der Waals surface area contributed by atoms with Gasteiger partial charge in [0.2, 0.25) is 0 Å². The Labute approximate surface area is 71.0 Å². The Kier molecular flexibility index (Phi) is 3.80. The van der Waals surface area contributed by atoms with Crippen LogP contribution in [0.4, 0.5) is 0 Å². The summed E-state index contributed by atoms with van der Waals surface area (Å²) in [5.74, 6) is 0. The highest BCUT2D eigenvalue weighted by molar-refractivity contribution is 5.78. The Bertz CT molecular complexity index is 235. The number of aromatic nitrogens is 1. The average Bonchev–Trinajstić information content (AvgIpc) is 2.14. The number of hydrogen-bond acceptors (Lipinski definition) is 4. The summed E-state index contributed by atoms with van der Waals surface area (Å²) in [6.45, 7) is 0.557. The van der Waals surface area contributed by atoms with Crippen LogP contribution in [-0.4, -0.2) is 29.5 Å². The van der Waals surface area contributed by atoms with E-state index in [2.05, 4.69) is 15.5 Å². The molecule has 0 unspecified atom stereocenters. The van der Waals surface area contributed by atoms with Gasteiger partial charge in [-0.1, -0.05) is 6.07 Å². The predicted molar refractivity (Wildman–Crippen MR) is 46.9 cm³/mol. The number of nitrogens with zero attached hydrogens (tertiary/aromatic N) is 2. The van der Waals surface area contributed by atoms with Crippen LogP contribution in [0.1, 0.15) is 5.56 Å². The Morgan fingerprint density at radius 2 is 2.58 bits per heavy atom. The molecule has 64 valence electrons. The summed E-state index contributed by atoms with van der Waals surface area (Å²) >= 11 is 0. The highest BCUT2D eigenvalue weighted by Crippen LogP contribution is 1.89. The van der Waals surface area contributed by atoms with Crippen LogP contribution in [0.15, 0.2) is 29.6 Å². The molecule has 0 aliphatic carbocycles. The van der Waals surface area contributed by atoms with E-state index in [-0.39, 0.29) is 6.61 Å². The van der Waals surface area contributed by atoms with E-state index in [9.17, 15) is 0 Å². The molecule has 1 heterocycles. The molecule has 4 nitrogen and oxygen atoms in total. The van der Waals surface area contributed by atoms with Gasteiger partial charge in [0.05, 0.1) is 19.4 Å². The topological polar surface area (TPSA) is 57.5 Å². The number of rotatable bonds is 4. The molecule has 1 rings (SSSR count). The molecule has 1 aromatic rings. The van der Waals surface area contributed by atoms with E-state index in [0.29, 0.717) is 6.54 Å². The maximum atomic E-state index is 8.41. The van der Waals surface area contributed by atoms with Crippen LogP contribution in [-0.2, 0) is 0 Å². The monoisotopic (exact) mass is 165 g/mol. The maximum Gasteiger partial charge on any atom is 0.0620 e. The van der Waals surface area contributed by atoms with Gasteiger partial charge in [0, 0.05) is 18.0 Å². The van der Waals surface area contributed by atoms with Crippen LogP contribution in [0.2, 0.25) is 0 Å². The minimum Gasteiger partial charge on any atom is -0.394 e. The zero-order valence-corrected chi connectivity index (χ0v) is 6.64. The van der Waals surface area contributed by atoms with Crippen LogP contribution >= 0.6 is 0 Å². The van der Waals surface area contributed by atoms with E-state index in [4.69, 9.17) is 5.11 Å². The van der Waals surface area contributed by atoms with E-state index in [1.165, 1.54) is 0 Å². The predicted octanol–water partition coefficient (Wildman–Crippen LogP) is -0.00260. The first kappa shape index (κ1) is 8.67. The molecular formula is C8H11N3O. The first-order valence-electron chi connectivity index (χ1n) is 3.70. The normalized spacial score (nSPS) is 10.4. The van der Waals surface area contributed by atoms with Crippen molar-refractivity contribution in [2.24, 2.45) is 5.10 Å². The molecule has 0 aliphatic heterocycles. The molecule has 0 bridgehead atoms. The van der Waals surface area contributed by atoms with Crippen molar-refractivity contribution in [3.05, 3.63) is 30.1 Å². The zero-order chi connectivity index (χ0) is 8.65. The number of hydrazone groups is 1. The smallest absolute Gasteiger partial charge is 0.0620 e. The molecule has 2 N–H and O–H groups in total. The molecule has 0 amide bonds. The van der Waals surface area contributed by atoms with Gasteiger partial charge in [-0.05, 0) is 6.07 Å². The number of pyridine rings is 1. The van der Waals surface area contributed by atoms with Crippen LogP contribution in [0, 0.1) is 0 Å². The summed E-state index contributed by atoms with van der Waals surface area (Å²) in [6, 6.07) is 3.74. The Morgan fingerprint density at radius 1 is 1.67 bits per heavy atom. The Morgan fingerprint density at radius 3 is 3.25 bits per heavy atom. The zero-order valence-electron chi connectivity index (χ0n) is 6.64. The second kappa shape index (κ2) is 5.26. The van der Waals surface area contributed by atoms with Crippen LogP contribution < -0.4 is 5.43 Å². The van der Waals surface area contributed by atoms with Gasteiger partial charge in [-0.3, -0.25) is 4.98 Å². The second-order valence-electron chi connectivity index (χ2n) is 2.18. The van der Waals surface area contributed by atoms with Crippen molar-refractivity contribution in [2.45, 2.75) is 0 Å². The van der Waals surface area contributed by atoms with Gasteiger partial charge in [0.25, 0.3) is 0 Å². The van der Waals surface area contributed by atoms with Crippen LogP contribution in [0.3, 0.4) is 0 Å². The number of nitrogens with one attached hydrogen (secondary N) is 1. The van der Waals surface area contributed by atoms with Crippen molar-refractivity contribution in [3.63, 3.8) is 0 Å². The minimum absolute atomic E-state index is 0.0877. The van der Waals surface area contributed by atoms with Gasteiger partial charge in [0.15, 0.2) is 0 Å². The minimum atomic E-state index is 0.0877. The summed E-state index contributed by atoms with van der Waals surface area (Å²) in [5.41, 5.74) is 3.61. The first-order chi connectivity index (χ1) is 5.93. The van der Waals surface area contributed by atoms with E-state index in [1.54, 1.807) is 18.6 Å². The Hall–Kier alpha value is -1.42. The van der Waals surface area contributed by atoms with Crippen molar-refractivity contribution < 1.29 is 5.11 Å². The summed E-state index contributed by atoms with van der Waals surface area (Å²) in [5, 5.41) is 12.3. The summed E-state index contributed by atoms with van der Waals surface area (Å²) < 4.78 is 0. The quantitative estimate of drug-likeness (QED) is 0.375. The molecule has 0 spiro atoms. The fraction of sp³-hybridized carbons (Fsp3) is 0.250. The van der Waals surface area contributed by atoms with Crippen molar-refractivity contribution in [2.75, 3.05) is 13.2 Å². The van der Waals surface area contributed by atoms with Crippen molar-refractivity contribution in [1.82, 2.24) is 10.4 Å². The average molecular weight is 165 g/mol. The lowest BCUT2D eigenvalue weighted by Gasteiger charge is -1.93. The number of hydrogen-bond donors (Lipinski definition) is 2. The van der Waals surface area contributed by atoms with Gasteiger partial charge in [-0.2, -0.15) is 5.10 Å². The summed E-state index contributed by atoms with van der Waals surface area (Å²) in [4.78, 5) is 3.92. The molecule has 0 saturated carbocycles. The van der Waals surface area contributed by atoms with Crippen LogP contribution in [0.5, 0.6) is 0 Å². The third-order valence-corrected chi connectivity index (χ3v) is 1.21. The lowest BCUT2D eigenvalue weighted by Crippen LogP contribution is -2.11. The third kappa shape index (κ3) is 3.12. The third-order valence-electron chi connectivity index (χ3n) is 1.21. The highest BCUT2D eigenvalue weighted by atomic mass is 16.3. The number of aliphatic hydroxyl groups is 1. The van der Waals surface area contributed by atoms with E-state index in [0.717, 1.165) is 5.56 Å². The molecule has 1 aromatic heterocycles. The molecule has 4 heteroatoms. The fourth-order valence-corrected chi connectivity index (χ4v) is 0.687. The van der Waals surface area contributed by atoms with E-state index < -0.39 is 0 Å². The number of aliphatic hydroxyl groups excluding tert-OH is 1. The SMILES string of the molecule is OCCN/N=C\c1cccnc1. The maximum absolute atomic E-state index is 8.41. The fourth-order valence-electron chi connectivity index (χ4n) is 0.687. The molecule has 0 radical (unpaired) electrons. The van der Waals surface area contributed by atoms with Gasteiger partial charge in [0.1, 0.15) is 0 Å². The lowest BCUT2D eigenvalue weighted by atomic mass is 10.3. The van der Waals surface area contributed by atoms with Crippen LogP contribution in [0.25, 0.3) is 0 Å². The second-order valence-corrected chi connectivity index (χ2v) is 2.18. The van der Waals surface area contributed by atoms with Crippen molar-refractivity contribution in [3.8, 4) is 0 Å². The molecule has 0 fully saturated rings. The largest absolute Gasteiger partial charge is 0.394 e. The molecule has 0 saturated heterocycles. The molecule has 0 aliphatic rings. The molecule has 0 aromatic carbocycles. The molecule has 12 heavy (non-hydrogen) atoms. The van der Waals surface area contributed by atoms with Gasteiger partial charge >= 0.3 is 0 Å². The highest BCUT2D eigenvalue weighted by Gasteiger charge is 1.82. The van der Waals surface area contributed by atoms with Gasteiger partial charge in [-0.15, -0.1) is 0 Å². The van der Waals surface area contributed by atoms with Gasteiger partial charge in [-0.25, -0.2) is 0 Å². The van der Waals surface area contributed by atoms with Crippen molar-refractivity contribution in [1.29, 1.82) is 0 Å². The lowest BCUT2D eigenvalue weighted by molar-refractivity contribution is 0.294. The molecule has 0 atom stereocenters. The molecular weight excluding hydrogens is 154 g/mol. The van der Waals surface area contributed by atoms with Crippen molar-refractivity contribution >= 4 is 6.21 Å². The standard InChI is InChI=1S/C8H11N3O/c12-5-4-10-11-7-8-2-1-3-9-6-8/h1-3,6-7,10,12H,4-5H2/b11-7-. The summed E-state index contributed by atoms with van der Waals surface area (Å²) in [7, 11) is 0. The van der Waals surface area contributed by atoms with E-state index >= 15 is 0 Å². The van der Waals surface area contributed by atoms with E-state index in [1.807, 2.05) is 12.1 Å². The summed E-state index contributed by atoms with van der Waals surface area (Å²) in [6.07, 6.45) is 5.07. The van der Waals surface area contributed by atoms with Gasteiger partial charge < -0.3 is 10.5 Å².